The average molecular weight is 324 g/mol. The van der Waals surface area contributed by atoms with E-state index >= 15 is 0 Å². The van der Waals surface area contributed by atoms with E-state index in [0.717, 1.165) is 20.9 Å². The van der Waals surface area contributed by atoms with Crippen LogP contribution in [0.15, 0.2) is 48.5 Å². The first kappa shape index (κ1) is 15.7. The van der Waals surface area contributed by atoms with Crippen molar-refractivity contribution in [3.8, 4) is 0 Å². The number of hydrogen-bond donors (Lipinski definition) is 0. The summed E-state index contributed by atoms with van der Waals surface area (Å²) in [7, 11) is 0. The predicted octanol–water partition coefficient (Wildman–Crippen LogP) is 4.97. The molecule has 1 heterocycles. The molecule has 0 aliphatic carbocycles. The van der Waals surface area contributed by atoms with E-state index in [2.05, 4.69) is 32.0 Å². The van der Waals surface area contributed by atoms with Gasteiger partial charge < -0.3 is 0 Å². The molecule has 0 unspecified atom stereocenters. The molecule has 0 atom stereocenters. The second-order valence-corrected chi connectivity index (χ2v) is 6.94. The summed E-state index contributed by atoms with van der Waals surface area (Å²) in [5.74, 6) is 0.424. The lowest BCUT2D eigenvalue weighted by Crippen LogP contribution is -2.27. The van der Waals surface area contributed by atoms with Crippen molar-refractivity contribution in [2.45, 2.75) is 33.2 Å². The van der Waals surface area contributed by atoms with Gasteiger partial charge >= 0.3 is 0 Å². The quantitative estimate of drug-likeness (QED) is 0.678. The number of thiazole rings is 1. The van der Waals surface area contributed by atoms with E-state index in [4.69, 9.17) is 4.98 Å². The molecule has 0 aliphatic heterocycles. The Morgan fingerprint density at radius 1 is 1.13 bits per heavy atom. The SMILES string of the molecule is CC(=O)N(Cc1ccccc1)c1nc2c(C(C)C)cccc2s1. The molecule has 0 bridgehead atoms. The minimum atomic E-state index is 0.0130. The topological polar surface area (TPSA) is 33.2 Å². The van der Waals surface area contributed by atoms with Crippen LogP contribution < -0.4 is 4.90 Å². The van der Waals surface area contributed by atoms with Gasteiger partial charge in [0.1, 0.15) is 0 Å². The molecule has 0 aliphatic rings. The van der Waals surface area contributed by atoms with Crippen LogP contribution in [0, 0.1) is 0 Å². The van der Waals surface area contributed by atoms with Crippen LogP contribution in [0.5, 0.6) is 0 Å². The van der Waals surface area contributed by atoms with Crippen molar-refractivity contribution >= 4 is 32.6 Å². The molecule has 0 saturated carbocycles. The first-order valence-electron chi connectivity index (χ1n) is 7.77. The molecule has 23 heavy (non-hydrogen) atoms. The highest BCUT2D eigenvalue weighted by Gasteiger charge is 2.18. The van der Waals surface area contributed by atoms with Crippen LogP contribution in [-0.2, 0) is 11.3 Å². The zero-order chi connectivity index (χ0) is 16.4. The van der Waals surface area contributed by atoms with E-state index in [1.54, 1.807) is 23.2 Å². The number of benzene rings is 2. The summed E-state index contributed by atoms with van der Waals surface area (Å²) in [5, 5.41) is 0.768. The molecular formula is C19H20N2OS. The summed E-state index contributed by atoms with van der Waals surface area (Å²) in [4.78, 5) is 18.7. The lowest BCUT2D eigenvalue weighted by Gasteiger charge is -2.17. The first-order valence-corrected chi connectivity index (χ1v) is 8.59. The summed E-state index contributed by atoms with van der Waals surface area (Å²) < 4.78 is 1.13. The van der Waals surface area contributed by atoms with Gasteiger partial charge in [0.15, 0.2) is 5.13 Å². The minimum absolute atomic E-state index is 0.0130. The monoisotopic (exact) mass is 324 g/mol. The highest BCUT2D eigenvalue weighted by atomic mass is 32.1. The molecule has 0 N–H and O–H groups in total. The van der Waals surface area contributed by atoms with Crippen LogP contribution in [0.4, 0.5) is 5.13 Å². The Morgan fingerprint density at radius 2 is 1.87 bits per heavy atom. The number of aromatic nitrogens is 1. The summed E-state index contributed by atoms with van der Waals surface area (Å²) in [6.45, 7) is 6.48. The summed E-state index contributed by atoms with van der Waals surface area (Å²) >= 11 is 1.58. The summed E-state index contributed by atoms with van der Waals surface area (Å²) in [6, 6.07) is 16.3. The molecule has 4 heteroatoms. The van der Waals surface area contributed by atoms with Crippen molar-refractivity contribution in [2.24, 2.45) is 0 Å². The van der Waals surface area contributed by atoms with Gasteiger partial charge in [0.2, 0.25) is 5.91 Å². The Balaban J connectivity index is 2.02. The van der Waals surface area contributed by atoms with Crippen LogP contribution in [0.3, 0.4) is 0 Å². The fraction of sp³-hybridized carbons (Fsp3) is 0.263. The maximum atomic E-state index is 12.1. The number of carbonyl (C=O) groups excluding carboxylic acids is 1. The lowest BCUT2D eigenvalue weighted by molar-refractivity contribution is -0.116. The average Bonchev–Trinajstić information content (AvgIpc) is 2.96. The predicted molar refractivity (Wildman–Crippen MR) is 97.0 cm³/mol. The van der Waals surface area contributed by atoms with Crippen molar-refractivity contribution in [1.82, 2.24) is 4.98 Å². The van der Waals surface area contributed by atoms with E-state index in [9.17, 15) is 4.79 Å². The number of rotatable bonds is 4. The van der Waals surface area contributed by atoms with Crippen LogP contribution >= 0.6 is 11.3 Å². The maximum absolute atomic E-state index is 12.1. The van der Waals surface area contributed by atoms with E-state index in [1.165, 1.54) is 5.56 Å². The van der Waals surface area contributed by atoms with Crippen LogP contribution in [-0.4, -0.2) is 10.9 Å². The van der Waals surface area contributed by atoms with Gasteiger partial charge in [-0.15, -0.1) is 0 Å². The van der Waals surface area contributed by atoms with Gasteiger partial charge in [0.25, 0.3) is 0 Å². The van der Waals surface area contributed by atoms with Gasteiger partial charge in [-0.3, -0.25) is 9.69 Å². The molecule has 0 saturated heterocycles. The Kier molecular flexibility index (Phi) is 4.44. The van der Waals surface area contributed by atoms with Gasteiger partial charge in [-0.2, -0.15) is 0 Å². The van der Waals surface area contributed by atoms with Gasteiger partial charge in [0.05, 0.1) is 16.8 Å². The van der Waals surface area contributed by atoms with Gasteiger partial charge in [-0.25, -0.2) is 4.98 Å². The molecule has 3 nitrogen and oxygen atoms in total. The molecule has 118 valence electrons. The molecule has 0 fully saturated rings. The van der Waals surface area contributed by atoms with E-state index < -0.39 is 0 Å². The molecule has 1 amide bonds. The van der Waals surface area contributed by atoms with Crippen LogP contribution in [0.2, 0.25) is 0 Å². The third-order valence-corrected chi connectivity index (χ3v) is 4.90. The third kappa shape index (κ3) is 3.27. The van der Waals surface area contributed by atoms with Crippen molar-refractivity contribution in [3.63, 3.8) is 0 Å². The second-order valence-electron chi connectivity index (χ2n) is 5.94. The van der Waals surface area contributed by atoms with E-state index in [0.29, 0.717) is 12.5 Å². The van der Waals surface area contributed by atoms with Crippen LogP contribution in [0.1, 0.15) is 37.8 Å². The maximum Gasteiger partial charge on any atom is 0.225 e. The number of para-hydroxylation sites is 1. The number of anilines is 1. The fourth-order valence-corrected chi connectivity index (χ4v) is 3.66. The number of hydrogen-bond acceptors (Lipinski definition) is 3. The lowest BCUT2D eigenvalue weighted by atomic mass is 10.0. The standard InChI is InChI=1S/C19H20N2OS/c1-13(2)16-10-7-11-17-18(16)20-19(23-17)21(14(3)22)12-15-8-5-4-6-9-15/h4-11,13H,12H2,1-3H3. The Morgan fingerprint density at radius 3 is 2.52 bits per heavy atom. The normalized spacial score (nSPS) is 11.1. The third-order valence-electron chi connectivity index (χ3n) is 3.86. The highest BCUT2D eigenvalue weighted by molar-refractivity contribution is 7.22. The van der Waals surface area contributed by atoms with Crippen LogP contribution in [0.25, 0.3) is 10.2 Å². The van der Waals surface area contributed by atoms with Gasteiger partial charge in [-0.1, -0.05) is 67.6 Å². The largest absolute Gasteiger partial charge is 0.284 e. The van der Waals surface area contributed by atoms with E-state index in [-0.39, 0.29) is 5.91 Å². The summed E-state index contributed by atoms with van der Waals surface area (Å²) in [6.07, 6.45) is 0. The smallest absolute Gasteiger partial charge is 0.225 e. The fourth-order valence-electron chi connectivity index (χ4n) is 2.62. The minimum Gasteiger partial charge on any atom is -0.284 e. The molecule has 3 aromatic rings. The number of fused-ring (bicyclic) bond motifs is 1. The molecule has 2 aromatic carbocycles. The zero-order valence-electron chi connectivity index (χ0n) is 13.6. The number of carbonyl (C=O) groups is 1. The molecular weight excluding hydrogens is 304 g/mol. The zero-order valence-corrected chi connectivity index (χ0v) is 14.4. The highest BCUT2D eigenvalue weighted by Crippen LogP contribution is 2.34. The van der Waals surface area contributed by atoms with Crippen molar-refractivity contribution in [1.29, 1.82) is 0 Å². The summed E-state index contributed by atoms with van der Waals surface area (Å²) in [5.41, 5.74) is 3.35. The van der Waals surface area contributed by atoms with Crippen molar-refractivity contribution < 1.29 is 4.79 Å². The molecule has 0 spiro atoms. The first-order chi connectivity index (χ1) is 11.1. The molecule has 0 radical (unpaired) electrons. The number of nitrogens with zero attached hydrogens (tertiary/aromatic N) is 2. The Bertz CT molecular complexity index is 824. The second kappa shape index (κ2) is 6.50. The van der Waals surface area contributed by atoms with Gasteiger partial charge in [-0.05, 0) is 23.1 Å². The number of amides is 1. The molecule has 1 aromatic heterocycles. The Labute approximate surface area is 140 Å². The molecule has 3 rings (SSSR count). The van der Waals surface area contributed by atoms with Crippen molar-refractivity contribution in [3.05, 3.63) is 59.7 Å². The van der Waals surface area contributed by atoms with Gasteiger partial charge in [0, 0.05) is 6.92 Å². The van der Waals surface area contributed by atoms with Crippen molar-refractivity contribution in [2.75, 3.05) is 4.90 Å². The van der Waals surface area contributed by atoms with E-state index in [1.807, 2.05) is 30.3 Å². The Hall–Kier alpha value is -2.20.